The summed E-state index contributed by atoms with van der Waals surface area (Å²) in [7, 11) is 0. The molecule has 7 nitrogen and oxygen atoms in total. The Kier molecular flexibility index (Phi) is 8.02. The van der Waals surface area contributed by atoms with Crippen molar-refractivity contribution in [1.29, 1.82) is 0 Å². The number of rotatable bonds is 9. The van der Waals surface area contributed by atoms with Gasteiger partial charge in [-0.25, -0.2) is 4.98 Å². The van der Waals surface area contributed by atoms with Crippen molar-refractivity contribution >= 4 is 33.9 Å². The average Bonchev–Trinajstić information content (AvgIpc) is 3.66. The van der Waals surface area contributed by atoms with Crippen LogP contribution in [0.5, 0.6) is 11.5 Å². The van der Waals surface area contributed by atoms with Crippen LogP contribution in [-0.2, 0) is 22.8 Å². The second-order valence-electron chi connectivity index (χ2n) is 10.1. The monoisotopic (exact) mass is 588 g/mol. The summed E-state index contributed by atoms with van der Waals surface area (Å²) in [6.45, 7) is 2.83. The third-order valence-electron chi connectivity index (χ3n) is 7.13. The summed E-state index contributed by atoms with van der Waals surface area (Å²) in [5, 5.41) is 13.6. The standard InChI is InChI=1S/C35H28N2O5S/c1-23-6-5-9-25(20-23)22-42-29-16-12-27(13-17-29)32(38)30-31(37(34(40)33(30)39)35-36-18-19-43-35)26-10-14-28(15-11-26)41-21-24-7-3-2-4-8-24/h2-20,31,38H,21-22H2,1H3/b32-30-. The molecule has 1 aliphatic heterocycles. The van der Waals surface area contributed by atoms with Crippen LogP contribution in [0.25, 0.3) is 5.76 Å². The van der Waals surface area contributed by atoms with Crippen LogP contribution in [0.15, 0.2) is 120 Å². The highest BCUT2D eigenvalue weighted by molar-refractivity contribution is 7.14. The number of amides is 1. The molecule has 1 aliphatic rings. The number of anilines is 1. The Morgan fingerprint density at radius 3 is 2.14 bits per heavy atom. The van der Waals surface area contributed by atoms with E-state index in [2.05, 4.69) is 11.1 Å². The third kappa shape index (κ3) is 6.05. The van der Waals surface area contributed by atoms with Gasteiger partial charge in [0.2, 0.25) is 0 Å². The van der Waals surface area contributed by atoms with Gasteiger partial charge < -0.3 is 14.6 Å². The maximum Gasteiger partial charge on any atom is 0.301 e. The van der Waals surface area contributed by atoms with Crippen LogP contribution >= 0.6 is 11.3 Å². The molecule has 43 heavy (non-hydrogen) atoms. The highest BCUT2D eigenvalue weighted by Gasteiger charge is 2.48. The minimum Gasteiger partial charge on any atom is -0.507 e. The molecule has 1 N–H and O–H groups in total. The van der Waals surface area contributed by atoms with E-state index >= 15 is 0 Å². The molecule has 8 heteroatoms. The van der Waals surface area contributed by atoms with Gasteiger partial charge >= 0.3 is 5.91 Å². The van der Waals surface area contributed by atoms with Crippen molar-refractivity contribution in [1.82, 2.24) is 4.98 Å². The van der Waals surface area contributed by atoms with Gasteiger partial charge in [-0.2, -0.15) is 0 Å². The van der Waals surface area contributed by atoms with Crippen molar-refractivity contribution < 1.29 is 24.2 Å². The van der Waals surface area contributed by atoms with E-state index in [1.54, 1.807) is 60.1 Å². The normalized spacial score (nSPS) is 15.9. The molecule has 1 saturated heterocycles. The number of aliphatic hydroxyl groups is 1. The lowest BCUT2D eigenvalue weighted by Crippen LogP contribution is -2.29. The number of aromatic nitrogens is 1. The van der Waals surface area contributed by atoms with Gasteiger partial charge in [-0.05, 0) is 60.0 Å². The number of Topliss-reactive ketones (excluding diaryl/α,β-unsaturated/α-hetero) is 1. The van der Waals surface area contributed by atoms with Crippen LogP contribution in [-0.4, -0.2) is 21.8 Å². The Morgan fingerprint density at radius 2 is 1.49 bits per heavy atom. The summed E-state index contributed by atoms with van der Waals surface area (Å²) >= 11 is 1.25. The zero-order valence-corrected chi connectivity index (χ0v) is 24.2. The van der Waals surface area contributed by atoms with E-state index in [1.165, 1.54) is 16.2 Å². The lowest BCUT2D eigenvalue weighted by atomic mass is 9.95. The maximum atomic E-state index is 13.4. The van der Waals surface area contributed by atoms with E-state index in [-0.39, 0.29) is 11.3 Å². The van der Waals surface area contributed by atoms with Crippen molar-refractivity contribution in [3.05, 3.63) is 148 Å². The third-order valence-corrected chi connectivity index (χ3v) is 7.90. The number of carbonyl (C=O) groups excluding carboxylic acids is 2. The number of thiazole rings is 1. The number of ether oxygens (including phenoxy) is 2. The number of hydrogen-bond acceptors (Lipinski definition) is 7. The van der Waals surface area contributed by atoms with E-state index in [0.29, 0.717) is 41.0 Å². The van der Waals surface area contributed by atoms with Crippen molar-refractivity contribution in [3.8, 4) is 11.5 Å². The summed E-state index contributed by atoms with van der Waals surface area (Å²) in [4.78, 5) is 32.4. The second kappa shape index (κ2) is 12.3. The molecular weight excluding hydrogens is 560 g/mol. The molecule has 4 aromatic carbocycles. The zero-order chi connectivity index (χ0) is 29.8. The Labute approximate surface area is 253 Å². The summed E-state index contributed by atoms with van der Waals surface area (Å²) in [5.41, 5.74) is 4.26. The number of nitrogens with zero attached hydrogens (tertiary/aromatic N) is 2. The fourth-order valence-electron chi connectivity index (χ4n) is 5.00. The minimum absolute atomic E-state index is 0.00779. The highest BCUT2D eigenvalue weighted by atomic mass is 32.1. The average molecular weight is 589 g/mol. The van der Waals surface area contributed by atoms with E-state index in [9.17, 15) is 14.7 Å². The van der Waals surface area contributed by atoms with Crippen molar-refractivity contribution in [2.75, 3.05) is 4.90 Å². The summed E-state index contributed by atoms with van der Waals surface area (Å²) in [6.07, 6.45) is 1.58. The molecule has 0 radical (unpaired) electrons. The molecule has 5 aromatic rings. The van der Waals surface area contributed by atoms with Gasteiger partial charge in [0, 0.05) is 17.1 Å². The van der Waals surface area contributed by atoms with Crippen molar-refractivity contribution in [2.24, 2.45) is 0 Å². The topological polar surface area (TPSA) is 89.0 Å². The lowest BCUT2D eigenvalue weighted by molar-refractivity contribution is -0.132. The molecule has 1 aromatic heterocycles. The molecule has 0 spiro atoms. The van der Waals surface area contributed by atoms with Crippen LogP contribution < -0.4 is 14.4 Å². The van der Waals surface area contributed by atoms with E-state index in [4.69, 9.17) is 9.47 Å². The van der Waals surface area contributed by atoms with Gasteiger partial charge in [0.1, 0.15) is 30.5 Å². The minimum atomic E-state index is -0.869. The number of aryl methyl sites for hydroxylation is 1. The largest absolute Gasteiger partial charge is 0.507 e. The number of ketones is 1. The van der Waals surface area contributed by atoms with E-state index < -0.39 is 17.7 Å². The SMILES string of the molecule is Cc1cccc(COc2ccc(/C(O)=C3/C(=O)C(=O)N(c4nccs4)C3c3ccc(OCc4ccccc4)cc3)cc2)c1. The van der Waals surface area contributed by atoms with Crippen LogP contribution in [0.2, 0.25) is 0 Å². The first-order valence-electron chi connectivity index (χ1n) is 13.7. The number of hydrogen-bond donors (Lipinski definition) is 1. The predicted molar refractivity (Wildman–Crippen MR) is 166 cm³/mol. The van der Waals surface area contributed by atoms with Gasteiger partial charge in [-0.1, -0.05) is 72.3 Å². The molecule has 0 saturated carbocycles. The molecule has 1 unspecified atom stereocenters. The molecule has 0 aliphatic carbocycles. The van der Waals surface area contributed by atoms with Crippen LogP contribution in [0.1, 0.15) is 33.9 Å². The molecule has 0 bridgehead atoms. The van der Waals surface area contributed by atoms with Gasteiger partial charge in [0.05, 0.1) is 11.6 Å². The predicted octanol–water partition coefficient (Wildman–Crippen LogP) is 7.24. The molecule has 1 fully saturated rings. The van der Waals surface area contributed by atoms with Crippen LogP contribution in [0.4, 0.5) is 5.13 Å². The summed E-state index contributed by atoms with van der Waals surface area (Å²) in [6, 6.07) is 31.0. The van der Waals surface area contributed by atoms with E-state index in [1.807, 2.05) is 55.5 Å². The smallest absolute Gasteiger partial charge is 0.301 e. The Balaban J connectivity index is 1.28. The summed E-state index contributed by atoms with van der Waals surface area (Å²) in [5.74, 6) is -0.535. The quantitative estimate of drug-likeness (QED) is 0.111. The van der Waals surface area contributed by atoms with Crippen molar-refractivity contribution in [3.63, 3.8) is 0 Å². The molecule has 214 valence electrons. The van der Waals surface area contributed by atoms with Crippen LogP contribution in [0.3, 0.4) is 0 Å². The first kappa shape index (κ1) is 27.9. The molecule has 1 amide bonds. The first-order valence-corrected chi connectivity index (χ1v) is 14.6. The fourth-order valence-corrected chi connectivity index (χ4v) is 5.67. The van der Waals surface area contributed by atoms with E-state index in [0.717, 1.165) is 16.7 Å². The number of carbonyl (C=O) groups is 2. The van der Waals surface area contributed by atoms with Gasteiger partial charge in [0.25, 0.3) is 5.78 Å². The maximum absolute atomic E-state index is 13.4. The molecule has 6 rings (SSSR count). The number of benzene rings is 4. The van der Waals surface area contributed by atoms with Gasteiger partial charge in [-0.15, -0.1) is 11.3 Å². The fraction of sp³-hybridized carbons (Fsp3) is 0.114. The first-order chi connectivity index (χ1) is 21.0. The molecule has 2 heterocycles. The molecule has 1 atom stereocenters. The second-order valence-corrected chi connectivity index (χ2v) is 11.0. The van der Waals surface area contributed by atoms with Gasteiger partial charge in [-0.3, -0.25) is 14.5 Å². The molecular formula is C35H28N2O5S. The highest BCUT2D eigenvalue weighted by Crippen LogP contribution is 2.43. The summed E-state index contributed by atoms with van der Waals surface area (Å²) < 4.78 is 11.8. The lowest BCUT2D eigenvalue weighted by Gasteiger charge is -2.23. The number of aliphatic hydroxyl groups excluding tert-OH is 1. The Hall–Kier alpha value is -5.21. The van der Waals surface area contributed by atoms with Gasteiger partial charge in [0.15, 0.2) is 5.13 Å². The Bertz CT molecular complexity index is 1770. The van der Waals surface area contributed by atoms with Crippen molar-refractivity contribution in [2.45, 2.75) is 26.2 Å². The zero-order valence-electron chi connectivity index (χ0n) is 23.3. The van der Waals surface area contributed by atoms with Crippen LogP contribution in [0, 0.1) is 6.92 Å². The Morgan fingerprint density at radius 1 is 0.837 bits per heavy atom.